The van der Waals surface area contributed by atoms with Gasteiger partial charge < -0.3 is 14.2 Å². The first-order chi connectivity index (χ1) is 13.2. The lowest BCUT2D eigenvalue weighted by Crippen LogP contribution is -2.46. The van der Waals surface area contributed by atoms with Gasteiger partial charge in [-0.15, -0.1) is 0 Å². The number of carbonyl (C=O) groups is 4. The first-order valence-electron chi connectivity index (χ1n) is 8.04. The molecule has 0 bridgehead atoms. The molecule has 0 aliphatic carbocycles. The van der Waals surface area contributed by atoms with Crippen LogP contribution in [0.1, 0.15) is 32.4 Å². The Bertz CT molecular complexity index is 733. The molecule has 11 heteroatoms. The highest BCUT2D eigenvalue weighted by molar-refractivity contribution is 5.84. The number of esters is 2. The van der Waals surface area contributed by atoms with E-state index in [4.69, 9.17) is 14.2 Å². The Morgan fingerprint density at radius 1 is 1.11 bits per heavy atom. The Balaban J connectivity index is 3.28. The standard InChI is InChI=1S/C17H20N2O9/c1-11(21)18(9-20)16(8-26-12(2)22)17(28-10-27-13(3)23)14-4-6-15(7-5-14)19(24)25/h4-7,9,16-17H,8,10H2,1-3H3/t16-,17-/m1/s1. The van der Waals surface area contributed by atoms with E-state index < -0.39 is 48.3 Å². The number of nitro groups is 1. The van der Waals surface area contributed by atoms with Crippen molar-refractivity contribution in [3.8, 4) is 0 Å². The maximum absolute atomic E-state index is 11.8. The summed E-state index contributed by atoms with van der Waals surface area (Å²) in [6.45, 7) is 2.53. The number of nitro benzene ring substituents is 1. The topological polar surface area (TPSA) is 142 Å². The molecule has 0 N–H and O–H groups in total. The fourth-order valence-corrected chi connectivity index (χ4v) is 2.31. The third kappa shape index (κ3) is 6.76. The molecule has 0 aromatic heterocycles. The minimum absolute atomic E-state index is 0.183. The highest BCUT2D eigenvalue weighted by atomic mass is 16.7. The van der Waals surface area contributed by atoms with Crippen LogP contribution in [-0.4, -0.2) is 53.5 Å². The summed E-state index contributed by atoms with van der Waals surface area (Å²) in [5.74, 6) is -1.92. The first kappa shape index (κ1) is 22.7. The molecule has 1 rings (SSSR count). The number of ether oxygens (including phenoxy) is 3. The second kappa shape index (κ2) is 10.7. The lowest BCUT2D eigenvalue weighted by atomic mass is 10.0. The van der Waals surface area contributed by atoms with Crippen LogP contribution >= 0.6 is 0 Å². The van der Waals surface area contributed by atoms with Crippen LogP contribution in [0.15, 0.2) is 24.3 Å². The van der Waals surface area contributed by atoms with Crippen molar-refractivity contribution in [2.45, 2.75) is 32.9 Å². The number of hydrogen-bond acceptors (Lipinski definition) is 9. The summed E-state index contributed by atoms with van der Waals surface area (Å²) >= 11 is 0. The molecule has 28 heavy (non-hydrogen) atoms. The predicted molar refractivity (Wildman–Crippen MR) is 92.6 cm³/mol. The molecule has 0 spiro atoms. The van der Waals surface area contributed by atoms with Crippen LogP contribution in [0.2, 0.25) is 0 Å². The van der Waals surface area contributed by atoms with Crippen molar-refractivity contribution in [3.05, 3.63) is 39.9 Å². The largest absolute Gasteiger partial charge is 0.464 e. The average Bonchev–Trinajstić information content (AvgIpc) is 2.62. The van der Waals surface area contributed by atoms with E-state index >= 15 is 0 Å². The maximum atomic E-state index is 11.8. The summed E-state index contributed by atoms with van der Waals surface area (Å²) in [4.78, 5) is 56.5. The van der Waals surface area contributed by atoms with Gasteiger partial charge in [0, 0.05) is 32.9 Å². The van der Waals surface area contributed by atoms with E-state index in [2.05, 4.69) is 0 Å². The number of benzene rings is 1. The third-order valence-electron chi connectivity index (χ3n) is 3.58. The van der Waals surface area contributed by atoms with Gasteiger partial charge in [-0.25, -0.2) is 0 Å². The Kier molecular flexibility index (Phi) is 8.69. The van der Waals surface area contributed by atoms with E-state index in [1.165, 1.54) is 24.3 Å². The van der Waals surface area contributed by atoms with Crippen LogP contribution in [0, 0.1) is 10.1 Å². The molecular weight excluding hydrogens is 376 g/mol. The lowest BCUT2D eigenvalue weighted by molar-refractivity contribution is -0.384. The molecule has 1 aromatic rings. The van der Waals surface area contributed by atoms with Crippen molar-refractivity contribution in [2.75, 3.05) is 13.4 Å². The van der Waals surface area contributed by atoms with Gasteiger partial charge in [-0.3, -0.25) is 34.2 Å². The van der Waals surface area contributed by atoms with Crippen molar-refractivity contribution < 1.29 is 38.3 Å². The SMILES string of the molecule is CC(=O)OCO[C@H](c1ccc([N+](=O)[O-])cc1)[C@@H](COC(C)=O)N(C=O)C(C)=O. The molecule has 0 saturated carbocycles. The Morgan fingerprint density at radius 2 is 1.68 bits per heavy atom. The predicted octanol–water partition coefficient (Wildman–Crippen LogP) is 1.11. The molecule has 152 valence electrons. The zero-order valence-corrected chi connectivity index (χ0v) is 15.5. The zero-order chi connectivity index (χ0) is 21.3. The van der Waals surface area contributed by atoms with Gasteiger partial charge in [0.15, 0.2) is 6.79 Å². The van der Waals surface area contributed by atoms with Crippen molar-refractivity contribution in [2.24, 2.45) is 0 Å². The van der Waals surface area contributed by atoms with Gasteiger partial charge in [0.05, 0.1) is 4.92 Å². The third-order valence-corrected chi connectivity index (χ3v) is 3.58. The van der Waals surface area contributed by atoms with Crippen molar-refractivity contribution in [1.29, 1.82) is 0 Å². The van der Waals surface area contributed by atoms with Gasteiger partial charge in [0.2, 0.25) is 12.3 Å². The molecule has 0 fully saturated rings. The second-order valence-corrected chi connectivity index (χ2v) is 5.59. The molecule has 0 radical (unpaired) electrons. The number of non-ortho nitro benzene ring substituents is 1. The maximum Gasteiger partial charge on any atom is 0.304 e. The molecule has 1 aromatic carbocycles. The average molecular weight is 396 g/mol. The van der Waals surface area contributed by atoms with E-state index in [1.54, 1.807) is 0 Å². The fourth-order valence-electron chi connectivity index (χ4n) is 2.31. The quantitative estimate of drug-likeness (QED) is 0.187. The summed E-state index contributed by atoms with van der Waals surface area (Å²) in [6.07, 6.45) is -0.835. The minimum atomic E-state index is -1.10. The smallest absolute Gasteiger partial charge is 0.304 e. The monoisotopic (exact) mass is 396 g/mol. The van der Waals surface area contributed by atoms with Crippen LogP contribution in [0.5, 0.6) is 0 Å². The van der Waals surface area contributed by atoms with Crippen molar-refractivity contribution in [3.63, 3.8) is 0 Å². The van der Waals surface area contributed by atoms with E-state index in [1.807, 2.05) is 0 Å². The number of carbonyl (C=O) groups excluding carboxylic acids is 4. The van der Waals surface area contributed by atoms with Gasteiger partial charge in [0.1, 0.15) is 18.8 Å². The summed E-state index contributed by atoms with van der Waals surface area (Å²) in [6, 6.07) is 4.04. The van der Waals surface area contributed by atoms with Crippen molar-refractivity contribution in [1.82, 2.24) is 4.90 Å². The molecule has 0 unspecified atom stereocenters. The molecule has 2 amide bonds. The summed E-state index contributed by atoms with van der Waals surface area (Å²) < 4.78 is 15.2. The van der Waals surface area contributed by atoms with E-state index in [-0.39, 0.29) is 12.1 Å². The van der Waals surface area contributed by atoms with Crippen LogP contribution < -0.4 is 0 Å². The van der Waals surface area contributed by atoms with Crippen molar-refractivity contribution >= 4 is 29.9 Å². The van der Waals surface area contributed by atoms with Crippen LogP contribution in [0.4, 0.5) is 5.69 Å². The molecular formula is C17H20N2O9. The Labute approximate surface area is 160 Å². The number of hydrogen-bond donors (Lipinski definition) is 0. The molecule has 0 aliphatic heterocycles. The molecule has 2 atom stereocenters. The second-order valence-electron chi connectivity index (χ2n) is 5.59. The minimum Gasteiger partial charge on any atom is -0.464 e. The van der Waals surface area contributed by atoms with Crippen LogP contribution in [0.25, 0.3) is 0 Å². The first-order valence-corrected chi connectivity index (χ1v) is 8.04. The normalized spacial score (nSPS) is 12.4. The van der Waals surface area contributed by atoms with Gasteiger partial charge >= 0.3 is 11.9 Å². The van der Waals surface area contributed by atoms with Gasteiger partial charge in [-0.1, -0.05) is 0 Å². The molecule has 11 nitrogen and oxygen atoms in total. The van der Waals surface area contributed by atoms with Gasteiger partial charge in [0.25, 0.3) is 5.69 Å². The van der Waals surface area contributed by atoms with Gasteiger partial charge in [-0.2, -0.15) is 0 Å². The zero-order valence-electron chi connectivity index (χ0n) is 15.5. The summed E-state index contributed by atoms with van der Waals surface area (Å²) in [5, 5.41) is 10.8. The molecule has 0 saturated heterocycles. The highest BCUT2D eigenvalue weighted by Gasteiger charge is 2.33. The van der Waals surface area contributed by atoms with Crippen LogP contribution in [0.3, 0.4) is 0 Å². The van der Waals surface area contributed by atoms with E-state index in [9.17, 15) is 29.3 Å². The summed E-state index contributed by atoms with van der Waals surface area (Å²) in [5.41, 5.74) is 0.154. The fraction of sp³-hybridized carbons (Fsp3) is 0.412. The molecule has 0 heterocycles. The highest BCUT2D eigenvalue weighted by Crippen LogP contribution is 2.27. The number of imide groups is 1. The van der Waals surface area contributed by atoms with E-state index in [0.717, 1.165) is 25.7 Å². The molecule has 0 aliphatic rings. The Hall–Kier alpha value is -3.34. The lowest BCUT2D eigenvalue weighted by Gasteiger charge is -2.32. The summed E-state index contributed by atoms with van der Waals surface area (Å²) in [7, 11) is 0. The number of nitrogens with zero attached hydrogens (tertiary/aromatic N) is 2. The van der Waals surface area contributed by atoms with Gasteiger partial charge in [-0.05, 0) is 17.7 Å². The number of amides is 2. The van der Waals surface area contributed by atoms with Crippen LogP contribution in [-0.2, 0) is 33.4 Å². The number of rotatable bonds is 10. The Morgan fingerprint density at radius 3 is 2.11 bits per heavy atom. The van der Waals surface area contributed by atoms with E-state index in [0.29, 0.717) is 5.56 Å².